The van der Waals surface area contributed by atoms with Gasteiger partial charge in [-0.25, -0.2) is 4.68 Å². The molecule has 2 N–H and O–H groups in total. The summed E-state index contributed by atoms with van der Waals surface area (Å²) in [7, 11) is 0. The number of carboxylic acids is 1. The van der Waals surface area contributed by atoms with Crippen LogP contribution in [0.25, 0.3) is 0 Å². The Morgan fingerprint density at radius 3 is 3.00 bits per heavy atom. The molecular weight excluding hydrogens is 268 g/mol. The summed E-state index contributed by atoms with van der Waals surface area (Å²) >= 11 is 1.57. The van der Waals surface area contributed by atoms with Crippen molar-refractivity contribution in [1.29, 1.82) is 0 Å². The van der Waals surface area contributed by atoms with E-state index in [9.17, 15) is 9.59 Å². The minimum Gasteiger partial charge on any atom is -0.481 e. The molecule has 0 aliphatic rings. The molecule has 2 heterocycles. The summed E-state index contributed by atoms with van der Waals surface area (Å²) in [5.74, 6) is -1.17. The molecule has 0 saturated heterocycles. The summed E-state index contributed by atoms with van der Waals surface area (Å²) in [5.41, 5.74) is 0.332. The van der Waals surface area contributed by atoms with Crippen molar-refractivity contribution in [3.05, 3.63) is 34.3 Å². The van der Waals surface area contributed by atoms with Crippen molar-refractivity contribution in [3.63, 3.8) is 0 Å². The van der Waals surface area contributed by atoms with E-state index in [2.05, 4.69) is 15.6 Å². The fourth-order valence-corrected chi connectivity index (χ4v) is 2.10. The van der Waals surface area contributed by atoms with E-state index in [1.807, 2.05) is 17.5 Å². The van der Waals surface area contributed by atoms with Crippen molar-refractivity contribution in [3.8, 4) is 0 Å². The number of thiophene rings is 1. The Labute approximate surface area is 112 Å². The molecule has 100 valence electrons. The molecule has 0 unspecified atom stereocenters. The van der Waals surface area contributed by atoms with Gasteiger partial charge in [0, 0.05) is 11.1 Å². The predicted octanol–water partition coefficient (Wildman–Crippen LogP) is 0.283. The molecule has 8 heteroatoms. The van der Waals surface area contributed by atoms with E-state index < -0.39 is 5.97 Å². The van der Waals surface area contributed by atoms with Crippen molar-refractivity contribution in [2.45, 2.75) is 19.5 Å². The molecule has 0 fully saturated rings. The molecule has 0 aliphatic heterocycles. The van der Waals surface area contributed by atoms with Gasteiger partial charge in [-0.2, -0.15) is 0 Å². The first-order chi connectivity index (χ1) is 9.13. The van der Waals surface area contributed by atoms with Crippen LogP contribution in [-0.2, 0) is 29.1 Å². The molecule has 0 aliphatic carbocycles. The van der Waals surface area contributed by atoms with E-state index in [0.717, 1.165) is 4.88 Å². The number of carbonyl (C=O) groups is 2. The van der Waals surface area contributed by atoms with E-state index in [-0.39, 0.29) is 18.9 Å². The first-order valence-electron chi connectivity index (χ1n) is 5.53. The van der Waals surface area contributed by atoms with Gasteiger partial charge < -0.3 is 10.4 Å². The summed E-state index contributed by atoms with van der Waals surface area (Å²) < 4.78 is 1.32. The van der Waals surface area contributed by atoms with Crippen molar-refractivity contribution >= 4 is 23.2 Å². The summed E-state index contributed by atoms with van der Waals surface area (Å²) in [6.45, 7) is 0.505. The average molecular weight is 280 g/mol. The maximum Gasteiger partial charge on any atom is 0.309 e. The molecule has 0 saturated carbocycles. The second-order valence-corrected chi connectivity index (χ2v) is 4.87. The molecule has 2 aromatic heterocycles. The molecule has 2 aromatic rings. The highest BCUT2D eigenvalue weighted by atomic mass is 32.1. The van der Waals surface area contributed by atoms with Crippen LogP contribution in [0.5, 0.6) is 0 Å². The number of hydrogen-bond donors (Lipinski definition) is 2. The molecule has 0 atom stereocenters. The Hall–Kier alpha value is -2.22. The summed E-state index contributed by atoms with van der Waals surface area (Å²) in [6.07, 6.45) is 1.26. The van der Waals surface area contributed by atoms with Crippen molar-refractivity contribution in [2.24, 2.45) is 0 Å². The maximum absolute atomic E-state index is 11.6. The fraction of sp³-hybridized carbons (Fsp3) is 0.273. The third-order valence-corrected chi connectivity index (χ3v) is 3.14. The van der Waals surface area contributed by atoms with Gasteiger partial charge in [-0.3, -0.25) is 9.59 Å². The maximum atomic E-state index is 11.6. The molecule has 0 radical (unpaired) electrons. The molecule has 0 spiro atoms. The highest BCUT2D eigenvalue weighted by Crippen LogP contribution is 2.07. The fourth-order valence-electron chi connectivity index (χ4n) is 1.45. The zero-order chi connectivity index (χ0) is 13.7. The zero-order valence-corrected chi connectivity index (χ0v) is 10.8. The average Bonchev–Trinajstić information content (AvgIpc) is 2.97. The number of aromatic nitrogens is 3. The van der Waals surface area contributed by atoms with Crippen LogP contribution in [0.1, 0.15) is 10.6 Å². The number of carbonyl (C=O) groups excluding carboxylic acids is 1. The number of amides is 1. The van der Waals surface area contributed by atoms with Crippen LogP contribution < -0.4 is 5.32 Å². The molecule has 1 amide bonds. The highest BCUT2D eigenvalue weighted by Gasteiger charge is 2.08. The van der Waals surface area contributed by atoms with E-state index in [0.29, 0.717) is 12.2 Å². The smallest absolute Gasteiger partial charge is 0.309 e. The molecular formula is C11H12N4O3S. The second-order valence-electron chi connectivity index (χ2n) is 3.83. The minimum absolute atomic E-state index is 0.0258. The number of nitrogens with one attached hydrogen (secondary N) is 1. The standard InChI is InChI=1S/C11H12N4O3S/c16-10(12-5-9-2-1-3-19-9)7-15-6-8(13-14-15)4-11(17)18/h1-3,6H,4-5,7H2,(H,12,16)(H,17,18). The van der Waals surface area contributed by atoms with Gasteiger partial charge in [-0.15, -0.1) is 16.4 Å². The van der Waals surface area contributed by atoms with Crippen LogP contribution in [-0.4, -0.2) is 32.0 Å². The van der Waals surface area contributed by atoms with E-state index in [4.69, 9.17) is 5.11 Å². The van der Waals surface area contributed by atoms with Crippen LogP contribution in [0.15, 0.2) is 23.7 Å². The lowest BCUT2D eigenvalue weighted by Gasteiger charge is -2.02. The van der Waals surface area contributed by atoms with E-state index in [1.54, 1.807) is 11.3 Å². The topological polar surface area (TPSA) is 97.1 Å². The molecule has 19 heavy (non-hydrogen) atoms. The van der Waals surface area contributed by atoms with Gasteiger partial charge in [-0.05, 0) is 11.4 Å². The van der Waals surface area contributed by atoms with Crippen molar-refractivity contribution in [1.82, 2.24) is 20.3 Å². The quantitative estimate of drug-likeness (QED) is 0.792. The summed E-state index contributed by atoms with van der Waals surface area (Å²) in [4.78, 5) is 23.2. The van der Waals surface area contributed by atoms with Crippen LogP contribution in [0.2, 0.25) is 0 Å². The van der Waals surface area contributed by atoms with E-state index in [1.165, 1.54) is 10.9 Å². The van der Waals surface area contributed by atoms with Gasteiger partial charge in [0.25, 0.3) is 0 Å². The van der Waals surface area contributed by atoms with Gasteiger partial charge in [0.1, 0.15) is 6.54 Å². The molecule has 0 bridgehead atoms. The number of nitrogens with zero attached hydrogens (tertiary/aromatic N) is 3. The Balaban J connectivity index is 1.81. The highest BCUT2D eigenvalue weighted by molar-refractivity contribution is 7.09. The second kappa shape index (κ2) is 6.10. The number of carboxylic acid groups (broad SMARTS) is 1. The van der Waals surface area contributed by atoms with Crippen molar-refractivity contribution < 1.29 is 14.7 Å². The first-order valence-corrected chi connectivity index (χ1v) is 6.41. The van der Waals surface area contributed by atoms with Crippen LogP contribution in [0.4, 0.5) is 0 Å². The van der Waals surface area contributed by atoms with Gasteiger partial charge in [0.15, 0.2) is 0 Å². The van der Waals surface area contributed by atoms with Crippen LogP contribution in [0.3, 0.4) is 0 Å². The van der Waals surface area contributed by atoms with Crippen molar-refractivity contribution in [2.75, 3.05) is 0 Å². The Morgan fingerprint density at radius 1 is 1.47 bits per heavy atom. The lowest BCUT2D eigenvalue weighted by atomic mass is 10.3. The van der Waals surface area contributed by atoms with Crippen LogP contribution >= 0.6 is 11.3 Å². The Morgan fingerprint density at radius 2 is 2.32 bits per heavy atom. The first kappa shape index (κ1) is 13.2. The minimum atomic E-state index is -0.978. The van der Waals surface area contributed by atoms with Crippen LogP contribution in [0, 0.1) is 0 Å². The normalized spacial score (nSPS) is 10.3. The lowest BCUT2D eigenvalue weighted by Crippen LogP contribution is -2.27. The van der Waals surface area contributed by atoms with Gasteiger partial charge >= 0.3 is 5.97 Å². The van der Waals surface area contributed by atoms with Gasteiger partial charge in [0.2, 0.25) is 5.91 Å². The zero-order valence-electron chi connectivity index (χ0n) is 9.94. The molecule has 0 aromatic carbocycles. The van der Waals surface area contributed by atoms with Gasteiger partial charge in [0.05, 0.1) is 18.7 Å². The SMILES string of the molecule is O=C(O)Cc1cn(CC(=O)NCc2cccs2)nn1. The summed E-state index contributed by atoms with van der Waals surface area (Å²) in [6, 6.07) is 3.85. The monoisotopic (exact) mass is 280 g/mol. The third kappa shape index (κ3) is 4.18. The predicted molar refractivity (Wildman–Crippen MR) is 67.5 cm³/mol. The lowest BCUT2D eigenvalue weighted by molar-refractivity contribution is -0.136. The number of hydrogen-bond acceptors (Lipinski definition) is 5. The van der Waals surface area contributed by atoms with E-state index >= 15 is 0 Å². The Bertz CT molecular complexity index is 564. The Kier molecular flexibility index (Phi) is 4.24. The summed E-state index contributed by atoms with van der Waals surface area (Å²) in [5, 5.41) is 20.7. The molecule has 7 nitrogen and oxygen atoms in total. The third-order valence-electron chi connectivity index (χ3n) is 2.26. The molecule has 2 rings (SSSR count). The van der Waals surface area contributed by atoms with Gasteiger partial charge in [-0.1, -0.05) is 11.3 Å². The number of aliphatic carboxylic acids is 1. The number of rotatable bonds is 6. The largest absolute Gasteiger partial charge is 0.481 e.